The molecule has 1 amide bonds. The third kappa shape index (κ3) is 53.4. The minimum atomic E-state index is -1.57. The third-order valence-corrected chi connectivity index (χ3v) is 17.6. The van der Waals surface area contributed by atoms with Gasteiger partial charge in [-0.2, -0.15) is 0 Å². The van der Waals surface area contributed by atoms with Crippen molar-refractivity contribution >= 4 is 5.91 Å². The van der Waals surface area contributed by atoms with E-state index in [4.69, 9.17) is 9.47 Å². The van der Waals surface area contributed by atoms with Crippen LogP contribution in [-0.2, 0) is 14.3 Å². The van der Waals surface area contributed by atoms with Crippen LogP contribution in [0.25, 0.3) is 0 Å². The molecular formula is C76H141NO8. The van der Waals surface area contributed by atoms with E-state index in [0.29, 0.717) is 6.42 Å². The van der Waals surface area contributed by atoms with E-state index >= 15 is 0 Å². The first-order valence-corrected chi connectivity index (χ1v) is 37.0. The van der Waals surface area contributed by atoms with Crippen molar-refractivity contribution in [2.45, 2.75) is 403 Å². The Morgan fingerprint density at radius 1 is 0.400 bits per heavy atom. The molecular weight excluding hydrogens is 1050 g/mol. The van der Waals surface area contributed by atoms with Crippen molar-refractivity contribution in [3.05, 3.63) is 60.8 Å². The lowest BCUT2D eigenvalue weighted by atomic mass is 9.99. The van der Waals surface area contributed by atoms with Crippen LogP contribution < -0.4 is 5.32 Å². The molecule has 0 bridgehead atoms. The summed E-state index contributed by atoms with van der Waals surface area (Å²) in [7, 11) is 0. The summed E-state index contributed by atoms with van der Waals surface area (Å²) in [6.45, 7) is 3.80. The number of rotatable bonds is 65. The fraction of sp³-hybridized carbons (Fsp3) is 0.855. The van der Waals surface area contributed by atoms with Gasteiger partial charge in [0, 0.05) is 6.42 Å². The number of aliphatic hydroxyl groups is 5. The van der Waals surface area contributed by atoms with Crippen LogP contribution in [-0.4, -0.2) is 87.5 Å². The summed E-state index contributed by atoms with van der Waals surface area (Å²) >= 11 is 0. The predicted octanol–water partition coefficient (Wildman–Crippen LogP) is 20.5. The highest BCUT2D eigenvalue weighted by atomic mass is 16.7. The monoisotopic (exact) mass is 1200 g/mol. The number of nitrogens with one attached hydrogen (secondary N) is 1. The van der Waals surface area contributed by atoms with Crippen molar-refractivity contribution in [1.82, 2.24) is 5.32 Å². The van der Waals surface area contributed by atoms with Crippen LogP contribution in [0.1, 0.15) is 361 Å². The van der Waals surface area contributed by atoms with Crippen LogP contribution in [0.15, 0.2) is 60.8 Å². The fourth-order valence-corrected chi connectivity index (χ4v) is 11.8. The van der Waals surface area contributed by atoms with Gasteiger partial charge in [0.1, 0.15) is 24.4 Å². The topological polar surface area (TPSA) is 149 Å². The average Bonchev–Trinajstić information content (AvgIpc) is 3.57. The summed E-state index contributed by atoms with van der Waals surface area (Å²) in [5.74, 6) is -0.180. The van der Waals surface area contributed by atoms with Crippen LogP contribution in [0, 0.1) is 0 Å². The third-order valence-electron chi connectivity index (χ3n) is 17.6. The van der Waals surface area contributed by atoms with E-state index < -0.39 is 49.5 Å². The van der Waals surface area contributed by atoms with Gasteiger partial charge in [-0.3, -0.25) is 4.79 Å². The maximum Gasteiger partial charge on any atom is 0.220 e. The Kier molecular flexibility index (Phi) is 61.7. The summed E-state index contributed by atoms with van der Waals surface area (Å²) in [4.78, 5) is 13.1. The lowest BCUT2D eigenvalue weighted by Gasteiger charge is -2.40. The molecule has 9 nitrogen and oxygen atoms in total. The molecule has 7 unspecified atom stereocenters. The summed E-state index contributed by atoms with van der Waals surface area (Å²) in [5.41, 5.74) is 0. The van der Waals surface area contributed by atoms with E-state index in [0.717, 1.165) is 51.4 Å². The molecule has 9 heteroatoms. The molecule has 6 N–H and O–H groups in total. The Labute approximate surface area is 526 Å². The van der Waals surface area contributed by atoms with Crippen molar-refractivity contribution in [3.8, 4) is 0 Å². The highest BCUT2D eigenvalue weighted by Gasteiger charge is 2.44. The van der Waals surface area contributed by atoms with E-state index in [1.807, 2.05) is 6.08 Å². The minimum Gasteiger partial charge on any atom is -0.394 e. The van der Waals surface area contributed by atoms with Gasteiger partial charge in [0.05, 0.1) is 25.4 Å². The van der Waals surface area contributed by atoms with Gasteiger partial charge in [0.25, 0.3) is 0 Å². The zero-order chi connectivity index (χ0) is 61.4. The SMILES string of the molecule is CCCCCCC/C=C\C/C=C\C/C=C\CCCCCCCCCCCCCCCCCCCCCCCCC(=O)NC(COC1OC(CO)C(O)C(O)C1O)C(O)/C=C/CC/C=C/CCCCCCCCCCCCCCCCCCCCC. The van der Waals surface area contributed by atoms with Gasteiger partial charge < -0.3 is 40.3 Å². The van der Waals surface area contributed by atoms with Gasteiger partial charge in [0.2, 0.25) is 5.91 Å². The Balaban J connectivity index is 2.10. The van der Waals surface area contributed by atoms with Crippen LogP contribution in [0.5, 0.6) is 0 Å². The standard InChI is InChI=1S/C76H141NO8/c1-3-5-7-9-11-13-15-17-19-21-23-25-27-29-30-31-32-33-34-35-36-37-38-39-40-42-44-46-48-50-52-54-56-58-60-62-64-66-72(80)77-69(68-84-76-75(83)74(82)73(81)71(67-78)85-76)70(79)65-63-61-59-57-55-53-51-49-47-45-43-41-28-26-24-22-20-18-16-14-12-10-8-6-4-2/h15,17,21,23,27,29,55,57,63,65,69-71,73-76,78-79,81-83H,3-14,16,18-20,22,24-26,28,30-54,56,58-62,64,66-68H2,1-2H3,(H,77,80)/b17-15-,23-21-,29-27-,57-55+,65-63+. The molecule has 0 aromatic carbocycles. The molecule has 1 aliphatic rings. The molecule has 0 saturated carbocycles. The molecule has 0 aromatic heterocycles. The van der Waals surface area contributed by atoms with E-state index in [1.54, 1.807) is 6.08 Å². The molecule has 85 heavy (non-hydrogen) atoms. The van der Waals surface area contributed by atoms with E-state index in [2.05, 4.69) is 67.8 Å². The van der Waals surface area contributed by atoms with Crippen molar-refractivity contribution in [2.24, 2.45) is 0 Å². The lowest BCUT2D eigenvalue weighted by Crippen LogP contribution is -2.60. The smallest absolute Gasteiger partial charge is 0.220 e. The molecule has 1 heterocycles. The first-order chi connectivity index (χ1) is 41.8. The van der Waals surface area contributed by atoms with Gasteiger partial charge in [-0.1, -0.05) is 344 Å². The Morgan fingerprint density at radius 2 is 0.706 bits per heavy atom. The number of carbonyl (C=O) groups is 1. The van der Waals surface area contributed by atoms with Crippen molar-refractivity contribution < 1.29 is 39.8 Å². The van der Waals surface area contributed by atoms with Crippen molar-refractivity contribution in [1.29, 1.82) is 0 Å². The van der Waals surface area contributed by atoms with E-state index in [9.17, 15) is 30.3 Å². The second kappa shape index (κ2) is 64.9. The quantitative estimate of drug-likeness (QED) is 0.0261. The number of amides is 1. The first-order valence-electron chi connectivity index (χ1n) is 37.0. The maximum absolute atomic E-state index is 13.1. The highest BCUT2D eigenvalue weighted by Crippen LogP contribution is 2.23. The largest absolute Gasteiger partial charge is 0.394 e. The van der Waals surface area contributed by atoms with Gasteiger partial charge in [-0.05, 0) is 70.6 Å². The van der Waals surface area contributed by atoms with Crippen LogP contribution in [0.2, 0.25) is 0 Å². The zero-order valence-corrected chi connectivity index (χ0v) is 55.9. The van der Waals surface area contributed by atoms with Crippen LogP contribution in [0.4, 0.5) is 0 Å². The highest BCUT2D eigenvalue weighted by molar-refractivity contribution is 5.76. The summed E-state index contributed by atoms with van der Waals surface area (Å²) in [6.07, 6.45) is 83.5. The number of carbonyl (C=O) groups excluding carboxylic acids is 1. The fourth-order valence-electron chi connectivity index (χ4n) is 11.8. The molecule has 0 spiro atoms. The van der Waals surface area contributed by atoms with Gasteiger partial charge >= 0.3 is 0 Å². The van der Waals surface area contributed by atoms with E-state index in [-0.39, 0.29) is 12.5 Å². The summed E-state index contributed by atoms with van der Waals surface area (Å²) in [5, 5.41) is 54.8. The van der Waals surface area contributed by atoms with Crippen LogP contribution in [0.3, 0.4) is 0 Å². The molecule has 0 radical (unpaired) electrons. The molecule has 1 aliphatic heterocycles. The lowest BCUT2D eigenvalue weighted by molar-refractivity contribution is -0.302. The Hall–Kier alpha value is -2.11. The predicted molar refractivity (Wildman–Crippen MR) is 364 cm³/mol. The number of aliphatic hydroxyl groups excluding tert-OH is 5. The van der Waals surface area contributed by atoms with Crippen molar-refractivity contribution in [3.63, 3.8) is 0 Å². The first kappa shape index (κ1) is 80.9. The minimum absolute atomic E-state index is 0.180. The average molecular weight is 1200 g/mol. The second-order valence-corrected chi connectivity index (χ2v) is 25.7. The zero-order valence-electron chi connectivity index (χ0n) is 55.9. The number of ether oxygens (including phenoxy) is 2. The van der Waals surface area contributed by atoms with Gasteiger partial charge in [-0.25, -0.2) is 0 Å². The Bertz CT molecular complexity index is 1530. The molecule has 1 saturated heterocycles. The number of unbranched alkanes of at least 4 members (excludes halogenated alkanes) is 47. The molecule has 7 atom stereocenters. The normalized spacial score (nSPS) is 18.4. The van der Waals surface area contributed by atoms with Gasteiger partial charge in [0.15, 0.2) is 6.29 Å². The summed E-state index contributed by atoms with van der Waals surface area (Å²) < 4.78 is 11.3. The number of hydrogen-bond donors (Lipinski definition) is 6. The molecule has 1 rings (SSSR count). The Morgan fingerprint density at radius 3 is 1.07 bits per heavy atom. The second-order valence-electron chi connectivity index (χ2n) is 25.7. The van der Waals surface area contributed by atoms with Crippen LogP contribution >= 0.6 is 0 Å². The summed E-state index contributed by atoms with van der Waals surface area (Å²) in [6, 6.07) is -0.824. The van der Waals surface area contributed by atoms with Crippen molar-refractivity contribution in [2.75, 3.05) is 13.2 Å². The van der Waals surface area contributed by atoms with E-state index in [1.165, 1.54) is 289 Å². The molecule has 0 aliphatic carbocycles. The van der Waals surface area contributed by atoms with Gasteiger partial charge in [-0.15, -0.1) is 0 Å². The number of allylic oxidation sites excluding steroid dienone is 9. The molecule has 0 aromatic rings. The maximum atomic E-state index is 13.1. The number of hydrogen-bond acceptors (Lipinski definition) is 8. The molecule has 498 valence electrons. The molecule has 1 fully saturated rings.